The second-order valence-electron chi connectivity index (χ2n) is 1.46. The second kappa shape index (κ2) is 5.76. The van der Waals surface area contributed by atoms with Crippen molar-refractivity contribution in [3.63, 3.8) is 0 Å². The number of rotatable bonds is 4. The molecule has 0 fully saturated rings. The molecule has 2 nitrogen and oxygen atoms in total. The Balaban J connectivity index is 3.25. The molecule has 0 unspecified atom stereocenters. The Kier molecular flexibility index (Phi) is 5.52. The van der Waals surface area contributed by atoms with Crippen LogP contribution in [0.3, 0.4) is 0 Å². The molecule has 0 heterocycles. The van der Waals surface area contributed by atoms with Crippen LogP contribution in [0.15, 0.2) is 11.7 Å². The third-order valence-corrected chi connectivity index (χ3v) is 0.686. The Bertz CT molecular complexity index is 93.0. The Morgan fingerprint density at radius 2 is 2.44 bits per heavy atom. The molecule has 47 valence electrons. The first-order valence-electron chi connectivity index (χ1n) is 2.78. The van der Waals surface area contributed by atoms with Crippen LogP contribution < -0.4 is 0 Å². The van der Waals surface area contributed by atoms with E-state index in [9.17, 15) is 0 Å². The molecule has 0 aliphatic rings. The molecule has 0 N–H and O–H groups in total. The average Bonchev–Trinajstić information content (AvgIpc) is 1.85. The van der Waals surface area contributed by atoms with E-state index in [4.69, 9.17) is 12.5 Å². The lowest BCUT2D eigenvalue weighted by Crippen LogP contribution is -2.00. The third kappa shape index (κ3) is 5.50. The zero-order chi connectivity index (χ0) is 7.11. The van der Waals surface area contributed by atoms with Crippen molar-refractivity contribution in [1.29, 1.82) is 0 Å². The molecule has 0 saturated carbocycles. The van der Waals surface area contributed by atoms with E-state index in [1.54, 1.807) is 6.08 Å². The highest BCUT2D eigenvalue weighted by Gasteiger charge is 1.90. The van der Waals surface area contributed by atoms with E-state index in [2.05, 4.69) is 4.65 Å². The zero-order valence-corrected chi connectivity index (χ0v) is 5.76. The van der Waals surface area contributed by atoms with Crippen molar-refractivity contribution < 1.29 is 9.31 Å². The molecule has 0 amide bonds. The Morgan fingerprint density at radius 1 is 1.78 bits per heavy atom. The molecule has 3 radical (unpaired) electrons. The van der Waals surface area contributed by atoms with Gasteiger partial charge in [0, 0.05) is 12.8 Å². The smallest absolute Gasteiger partial charge is 0.551 e. The van der Waals surface area contributed by atoms with E-state index in [-0.39, 0.29) is 0 Å². The molecular formula is C5H9B2O2. The molecule has 0 aromatic carbocycles. The van der Waals surface area contributed by atoms with Crippen LogP contribution in [0.2, 0.25) is 0 Å². The first kappa shape index (κ1) is 8.63. The lowest BCUT2D eigenvalue weighted by Gasteiger charge is -2.01. The summed E-state index contributed by atoms with van der Waals surface area (Å²) in [5, 5.41) is 0. The summed E-state index contributed by atoms with van der Waals surface area (Å²) >= 11 is 0. The van der Waals surface area contributed by atoms with E-state index >= 15 is 0 Å². The highest BCUT2D eigenvalue weighted by molar-refractivity contribution is 6.26. The molecule has 0 saturated heterocycles. The zero-order valence-electron chi connectivity index (χ0n) is 5.76. The highest BCUT2D eigenvalue weighted by atomic mass is 16.6. The Morgan fingerprint density at radius 3 is 2.89 bits per heavy atom. The first-order chi connectivity index (χ1) is 4.31. The summed E-state index contributed by atoms with van der Waals surface area (Å²) in [6.45, 7) is 1.98. The van der Waals surface area contributed by atoms with Crippen LogP contribution in [-0.2, 0) is 9.31 Å². The molecule has 0 bridgehead atoms. The van der Waals surface area contributed by atoms with Gasteiger partial charge in [-0.05, 0) is 6.42 Å². The number of allylic oxidation sites excluding steroid dienone is 1. The molecular weight excluding hydrogens is 114 g/mol. The minimum Gasteiger partial charge on any atom is -0.551 e. The van der Waals surface area contributed by atoms with E-state index < -0.39 is 0 Å². The van der Waals surface area contributed by atoms with Gasteiger partial charge in [0.25, 0.3) is 0 Å². The minimum absolute atomic E-state index is 0.374. The van der Waals surface area contributed by atoms with Gasteiger partial charge < -0.3 is 9.31 Å². The summed E-state index contributed by atoms with van der Waals surface area (Å²) in [6.07, 6.45) is 2.62. The van der Waals surface area contributed by atoms with Crippen molar-refractivity contribution in [2.24, 2.45) is 0 Å². The van der Waals surface area contributed by atoms with Gasteiger partial charge >= 0.3 is 7.69 Å². The average molecular weight is 123 g/mol. The Labute approximate surface area is 57.9 Å². The topological polar surface area (TPSA) is 18.5 Å². The van der Waals surface area contributed by atoms with Gasteiger partial charge in [-0.3, -0.25) is 0 Å². The van der Waals surface area contributed by atoms with Crippen LogP contribution in [0, 0.1) is 0 Å². The van der Waals surface area contributed by atoms with Crippen molar-refractivity contribution in [1.82, 2.24) is 0 Å². The summed E-state index contributed by atoms with van der Waals surface area (Å²) in [5.74, 6) is 0. The van der Waals surface area contributed by atoms with Gasteiger partial charge in [-0.25, -0.2) is 0 Å². The van der Waals surface area contributed by atoms with Gasteiger partial charge in [0.2, 0.25) is 0 Å². The van der Waals surface area contributed by atoms with Crippen LogP contribution in [-0.4, -0.2) is 22.6 Å². The molecule has 0 atom stereocenters. The Hall–Kier alpha value is -0.370. The van der Waals surface area contributed by atoms with Crippen LogP contribution in [0.25, 0.3) is 0 Å². The third-order valence-electron chi connectivity index (χ3n) is 0.686. The fourth-order valence-corrected chi connectivity index (χ4v) is 0.353. The van der Waals surface area contributed by atoms with Crippen molar-refractivity contribution in [3.8, 4) is 0 Å². The van der Waals surface area contributed by atoms with Gasteiger partial charge in [0.1, 0.15) is 0 Å². The number of hydrogen-bond donors (Lipinski definition) is 0. The van der Waals surface area contributed by atoms with Gasteiger partial charge in [-0.1, -0.05) is 13.0 Å². The summed E-state index contributed by atoms with van der Waals surface area (Å²) in [4.78, 5) is 0. The number of hydrogen-bond acceptors (Lipinski definition) is 2. The van der Waals surface area contributed by atoms with Gasteiger partial charge in [-0.15, -0.1) is 0 Å². The van der Waals surface area contributed by atoms with Crippen molar-refractivity contribution in [2.75, 3.05) is 7.11 Å². The predicted molar refractivity (Wildman–Crippen MR) is 38.0 cm³/mol. The SMILES string of the molecule is [B]/C(=C\CC)O[B]OC. The van der Waals surface area contributed by atoms with E-state index in [1.165, 1.54) is 14.8 Å². The molecule has 0 aromatic heterocycles. The largest absolute Gasteiger partial charge is 0.571 e. The lowest BCUT2D eigenvalue weighted by molar-refractivity contribution is 0.330. The monoisotopic (exact) mass is 123 g/mol. The first-order valence-corrected chi connectivity index (χ1v) is 2.78. The van der Waals surface area contributed by atoms with Crippen LogP contribution in [0.4, 0.5) is 0 Å². The normalized spacial score (nSPS) is 11.1. The van der Waals surface area contributed by atoms with Gasteiger partial charge in [-0.2, -0.15) is 0 Å². The van der Waals surface area contributed by atoms with Crippen molar-refractivity contribution in [2.45, 2.75) is 13.3 Å². The highest BCUT2D eigenvalue weighted by Crippen LogP contribution is 1.90. The summed E-state index contributed by atoms with van der Waals surface area (Å²) < 4.78 is 9.21. The molecule has 0 spiro atoms. The predicted octanol–water partition coefficient (Wildman–Crippen LogP) is 0.603. The summed E-state index contributed by atoms with van der Waals surface area (Å²) in [6, 6.07) is 0. The van der Waals surface area contributed by atoms with Crippen molar-refractivity contribution in [3.05, 3.63) is 11.7 Å². The maximum Gasteiger partial charge on any atom is 0.571 e. The van der Waals surface area contributed by atoms with E-state index in [0.717, 1.165) is 6.42 Å². The summed E-state index contributed by atoms with van der Waals surface area (Å²) in [7, 11) is 7.98. The van der Waals surface area contributed by atoms with Crippen LogP contribution in [0.5, 0.6) is 0 Å². The minimum atomic E-state index is 0.374. The quantitative estimate of drug-likeness (QED) is 0.402. The molecule has 0 aliphatic carbocycles. The van der Waals surface area contributed by atoms with E-state index in [1.807, 2.05) is 6.92 Å². The van der Waals surface area contributed by atoms with Gasteiger partial charge in [0.15, 0.2) is 7.85 Å². The molecule has 0 rings (SSSR count). The second-order valence-corrected chi connectivity index (χ2v) is 1.46. The van der Waals surface area contributed by atoms with Crippen LogP contribution in [0.1, 0.15) is 13.3 Å². The van der Waals surface area contributed by atoms with Gasteiger partial charge in [0.05, 0.1) is 0 Å². The maximum absolute atomic E-state index is 5.30. The lowest BCUT2D eigenvalue weighted by atomic mass is 10.1. The molecule has 0 aliphatic heterocycles. The standard InChI is InChI=1S/C5H9B2O2/c1-3-4-5(6)9-7-8-2/h4H,3H2,1-2H3/b5-4+. The van der Waals surface area contributed by atoms with Crippen LogP contribution >= 0.6 is 0 Å². The molecule has 9 heavy (non-hydrogen) atoms. The fourth-order valence-electron chi connectivity index (χ4n) is 0.353. The molecule has 4 heteroatoms. The molecule has 0 aromatic rings. The fraction of sp³-hybridized carbons (Fsp3) is 0.600. The summed E-state index contributed by atoms with van der Waals surface area (Å²) in [5.41, 5.74) is 0.374. The van der Waals surface area contributed by atoms with Crippen molar-refractivity contribution >= 4 is 15.5 Å². The maximum atomic E-state index is 5.30. The van der Waals surface area contributed by atoms with E-state index in [0.29, 0.717) is 5.66 Å².